The van der Waals surface area contributed by atoms with Crippen molar-refractivity contribution < 1.29 is 14.4 Å². The van der Waals surface area contributed by atoms with Crippen molar-refractivity contribution in [3.8, 4) is 0 Å². The predicted octanol–water partition coefficient (Wildman–Crippen LogP) is 5.26. The van der Waals surface area contributed by atoms with E-state index in [1.54, 1.807) is 60.7 Å². The van der Waals surface area contributed by atoms with Crippen molar-refractivity contribution in [2.75, 3.05) is 16.0 Å². The van der Waals surface area contributed by atoms with Gasteiger partial charge in [-0.1, -0.05) is 31.0 Å². The van der Waals surface area contributed by atoms with Crippen molar-refractivity contribution in [3.05, 3.63) is 90.0 Å². The molecular weight excluding hydrogens is 416 g/mol. The molecule has 0 aromatic heterocycles. The Morgan fingerprint density at radius 2 is 1.06 bits per heavy atom. The third-order valence-electron chi connectivity index (χ3n) is 5.53. The van der Waals surface area contributed by atoms with Gasteiger partial charge in [-0.2, -0.15) is 0 Å². The van der Waals surface area contributed by atoms with Gasteiger partial charge < -0.3 is 21.3 Å². The predicted molar refractivity (Wildman–Crippen MR) is 130 cm³/mol. The lowest BCUT2D eigenvalue weighted by Gasteiger charge is -2.12. The first-order chi connectivity index (χ1) is 16.1. The van der Waals surface area contributed by atoms with Crippen molar-refractivity contribution in [2.24, 2.45) is 0 Å². The lowest BCUT2D eigenvalue weighted by Crippen LogP contribution is -2.32. The van der Waals surface area contributed by atoms with E-state index in [1.165, 1.54) is 0 Å². The average molecular weight is 443 g/mol. The Bertz CT molecular complexity index is 1110. The molecule has 3 aromatic carbocycles. The average Bonchev–Trinajstić information content (AvgIpc) is 3.33. The third kappa shape index (κ3) is 6.20. The number of hydrogen-bond acceptors (Lipinski definition) is 3. The Kier molecular flexibility index (Phi) is 6.99. The highest BCUT2D eigenvalue weighted by atomic mass is 16.2. The van der Waals surface area contributed by atoms with Crippen LogP contribution in [0.3, 0.4) is 0 Å². The van der Waals surface area contributed by atoms with Gasteiger partial charge >= 0.3 is 6.03 Å². The van der Waals surface area contributed by atoms with Gasteiger partial charge in [0.05, 0.1) is 0 Å². The Morgan fingerprint density at radius 3 is 1.64 bits per heavy atom. The fraction of sp³-hybridized carbons (Fsp3) is 0.192. The molecule has 1 fully saturated rings. The third-order valence-corrected chi connectivity index (χ3v) is 5.53. The maximum absolute atomic E-state index is 12.5. The standard InChI is InChI=1S/C26H26N4O3/c31-24(27-20-8-4-5-9-20)18-10-14-22(15-11-18)28-25(32)19-12-16-23(17-13-19)30-26(33)29-21-6-2-1-3-7-21/h1-3,6-7,10-17,20H,4-5,8-9H2,(H,27,31)(H,28,32)(H2,29,30,33). The van der Waals surface area contributed by atoms with E-state index < -0.39 is 0 Å². The zero-order chi connectivity index (χ0) is 23.0. The fourth-order valence-corrected chi connectivity index (χ4v) is 3.77. The molecule has 0 radical (unpaired) electrons. The van der Waals surface area contributed by atoms with Crippen LogP contribution in [0.25, 0.3) is 0 Å². The second-order valence-electron chi connectivity index (χ2n) is 8.01. The van der Waals surface area contributed by atoms with Crippen molar-refractivity contribution in [2.45, 2.75) is 31.7 Å². The minimum Gasteiger partial charge on any atom is -0.349 e. The number of hydrogen-bond donors (Lipinski definition) is 4. The molecule has 3 aromatic rings. The van der Waals surface area contributed by atoms with Gasteiger partial charge in [0.2, 0.25) is 0 Å². The number of rotatable bonds is 6. The SMILES string of the molecule is O=C(Nc1ccccc1)Nc1ccc(C(=O)Nc2ccc(C(=O)NC3CCCC3)cc2)cc1. The number of amides is 4. The zero-order valence-corrected chi connectivity index (χ0v) is 18.1. The smallest absolute Gasteiger partial charge is 0.323 e. The highest BCUT2D eigenvalue weighted by Crippen LogP contribution is 2.19. The van der Waals surface area contributed by atoms with Gasteiger partial charge in [0, 0.05) is 34.2 Å². The normalized spacial score (nSPS) is 13.2. The lowest BCUT2D eigenvalue weighted by atomic mass is 10.1. The zero-order valence-electron chi connectivity index (χ0n) is 18.1. The van der Waals surface area contributed by atoms with E-state index in [1.807, 2.05) is 18.2 Å². The van der Waals surface area contributed by atoms with Crippen LogP contribution in [-0.2, 0) is 0 Å². The van der Waals surface area contributed by atoms with Crippen molar-refractivity contribution in [1.29, 1.82) is 0 Å². The summed E-state index contributed by atoms with van der Waals surface area (Å²) in [4.78, 5) is 37.0. The molecule has 1 saturated carbocycles. The van der Waals surface area contributed by atoms with Crippen LogP contribution < -0.4 is 21.3 Å². The molecule has 33 heavy (non-hydrogen) atoms. The van der Waals surface area contributed by atoms with Crippen LogP contribution in [0, 0.1) is 0 Å². The van der Waals surface area contributed by atoms with E-state index in [0.29, 0.717) is 28.2 Å². The van der Waals surface area contributed by atoms with Crippen LogP contribution in [0.1, 0.15) is 46.4 Å². The van der Waals surface area contributed by atoms with Crippen LogP contribution in [0.15, 0.2) is 78.9 Å². The van der Waals surface area contributed by atoms with Crippen molar-refractivity contribution in [1.82, 2.24) is 5.32 Å². The summed E-state index contributed by atoms with van der Waals surface area (Å²) in [6.07, 6.45) is 4.39. The molecule has 1 aliphatic carbocycles. The summed E-state index contributed by atoms with van der Waals surface area (Å²) in [7, 11) is 0. The molecule has 1 aliphatic rings. The van der Waals surface area contributed by atoms with Crippen molar-refractivity contribution in [3.63, 3.8) is 0 Å². The van der Waals surface area contributed by atoms with E-state index in [9.17, 15) is 14.4 Å². The van der Waals surface area contributed by atoms with E-state index in [0.717, 1.165) is 25.7 Å². The summed E-state index contributed by atoms with van der Waals surface area (Å²) in [5, 5.41) is 11.3. The van der Waals surface area contributed by atoms with Gasteiger partial charge in [0.25, 0.3) is 11.8 Å². The summed E-state index contributed by atoms with van der Waals surface area (Å²) >= 11 is 0. The number of carbonyl (C=O) groups is 3. The highest BCUT2D eigenvalue weighted by molar-refractivity contribution is 6.05. The van der Waals surface area contributed by atoms with Gasteiger partial charge in [-0.15, -0.1) is 0 Å². The number of nitrogens with one attached hydrogen (secondary N) is 4. The van der Waals surface area contributed by atoms with Crippen LogP contribution in [-0.4, -0.2) is 23.9 Å². The molecule has 168 valence electrons. The molecule has 0 atom stereocenters. The molecule has 4 N–H and O–H groups in total. The largest absolute Gasteiger partial charge is 0.349 e. The molecule has 7 nitrogen and oxygen atoms in total. The molecule has 0 aliphatic heterocycles. The summed E-state index contributed by atoms with van der Waals surface area (Å²) in [6, 6.07) is 22.5. The van der Waals surface area contributed by atoms with Gasteiger partial charge in [0.1, 0.15) is 0 Å². The van der Waals surface area contributed by atoms with E-state index >= 15 is 0 Å². The van der Waals surface area contributed by atoms with Crippen LogP contribution >= 0.6 is 0 Å². The van der Waals surface area contributed by atoms with E-state index in [-0.39, 0.29) is 23.9 Å². The van der Waals surface area contributed by atoms with Crippen LogP contribution in [0.2, 0.25) is 0 Å². The molecule has 7 heteroatoms. The molecule has 0 saturated heterocycles. The van der Waals surface area contributed by atoms with Crippen molar-refractivity contribution >= 4 is 34.9 Å². The van der Waals surface area contributed by atoms with Gasteiger partial charge in [-0.05, 0) is 73.5 Å². The Hall–Kier alpha value is -4.13. The molecule has 4 amide bonds. The lowest BCUT2D eigenvalue weighted by molar-refractivity contribution is 0.0937. The second kappa shape index (κ2) is 10.5. The molecule has 0 bridgehead atoms. The van der Waals surface area contributed by atoms with E-state index in [2.05, 4.69) is 21.3 Å². The number of para-hydroxylation sites is 1. The number of urea groups is 1. The minimum absolute atomic E-state index is 0.0841. The quantitative estimate of drug-likeness (QED) is 0.419. The monoisotopic (exact) mass is 442 g/mol. The topological polar surface area (TPSA) is 99.3 Å². The summed E-state index contributed by atoms with van der Waals surface area (Å²) in [5.74, 6) is -0.363. The Balaban J connectivity index is 1.29. The Morgan fingerprint density at radius 1 is 0.576 bits per heavy atom. The van der Waals surface area contributed by atoms with Gasteiger partial charge in [0.15, 0.2) is 0 Å². The molecule has 0 spiro atoms. The van der Waals surface area contributed by atoms with Crippen LogP contribution in [0.4, 0.5) is 21.9 Å². The minimum atomic E-state index is -0.365. The summed E-state index contributed by atoms with van der Waals surface area (Å²) < 4.78 is 0. The maximum atomic E-state index is 12.5. The molecule has 4 rings (SSSR count). The first-order valence-electron chi connectivity index (χ1n) is 11.0. The molecular formula is C26H26N4O3. The number of carbonyl (C=O) groups excluding carboxylic acids is 3. The van der Waals surface area contributed by atoms with Gasteiger partial charge in [-0.3, -0.25) is 9.59 Å². The molecule has 0 heterocycles. The maximum Gasteiger partial charge on any atom is 0.323 e. The van der Waals surface area contributed by atoms with Crippen LogP contribution in [0.5, 0.6) is 0 Å². The van der Waals surface area contributed by atoms with E-state index in [4.69, 9.17) is 0 Å². The Labute approximate surface area is 192 Å². The number of anilines is 3. The number of benzene rings is 3. The first kappa shape index (κ1) is 22.1. The molecule has 0 unspecified atom stereocenters. The fourth-order valence-electron chi connectivity index (χ4n) is 3.77. The highest BCUT2D eigenvalue weighted by Gasteiger charge is 2.18. The summed E-state index contributed by atoms with van der Waals surface area (Å²) in [5.41, 5.74) is 2.88. The summed E-state index contributed by atoms with van der Waals surface area (Å²) in [6.45, 7) is 0. The first-order valence-corrected chi connectivity index (χ1v) is 11.0. The van der Waals surface area contributed by atoms with Gasteiger partial charge in [-0.25, -0.2) is 4.79 Å². The second-order valence-corrected chi connectivity index (χ2v) is 8.01.